The van der Waals surface area contributed by atoms with Gasteiger partial charge in [-0.1, -0.05) is 0 Å². The Labute approximate surface area is 69.0 Å². The molecule has 1 amide bonds. The molecule has 0 saturated carbocycles. The fourth-order valence-corrected chi connectivity index (χ4v) is 1.21. The SMILES string of the molecule is CN1CCC(C(=O)C(=O)O)C1=O. The van der Waals surface area contributed by atoms with E-state index >= 15 is 0 Å². The van der Waals surface area contributed by atoms with Crippen molar-refractivity contribution in [1.29, 1.82) is 0 Å². The van der Waals surface area contributed by atoms with Crippen molar-refractivity contribution in [1.82, 2.24) is 4.90 Å². The maximum absolute atomic E-state index is 11.1. The standard InChI is InChI=1S/C7H9NO4/c1-8-3-2-4(6(8)10)5(9)7(11)12/h4H,2-3H2,1H3,(H,11,12). The summed E-state index contributed by atoms with van der Waals surface area (Å²) < 4.78 is 0. The Balaban J connectivity index is 2.72. The van der Waals surface area contributed by atoms with Gasteiger partial charge in [-0.15, -0.1) is 0 Å². The largest absolute Gasteiger partial charge is 0.475 e. The molecule has 66 valence electrons. The number of carbonyl (C=O) groups excluding carboxylic acids is 2. The Kier molecular flexibility index (Phi) is 2.12. The van der Waals surface area contributed by atoms with Gasteiger partial charge in [-0.05, 0) is 6.42 Å². The minimum Gasteiger partial charge on any atom is -0.475 e. The number of amides is 1. The third-order valence-corrected chi connectivity index (χ3v) is 1.95. The third kappa shape index (κ3) is 1.30. The number of nitrogens with zero attached hydrogens (tertiary/aromatic N) is 1. The summed E-state index contributed by atoms with van der Waals surface area (Å²) in [6.45, 7) is 0.461. The molecule has 5 heteroatoms. The van der Waals surface area contributed by atoms with Crippen molar-refractivity contribution in [2.24, 2.45) is 5.92 Å². The van der Waals surface area contributed by atoms with Crippen LogP contribution in [-0.2, 0) is 14.4 Å². The van der Waals surface area contributed by atoms with E-state index in [-0.39, 0.29) is 5.91 Å². The Morgan fingerprint density at radius 1 is 1.58 bits per heavy atom. The van der Waals surface area contributed by atoms with Crippen LogP contribution in [0.2, 0.25) is 0 Å². The number of carboxylic acid groups (broad SMARTS) is 1. The van der Waals surface area contributed by atoms with Gasteiger partial charge in [-0.25, -0.2) is 4.79 Å². The molecule has 0 bridgehead atoms. The molecule has 1 unspecified atom stereocenters. The molecule has 1 saturated heterocycles. The van der Waals surface area contributed by atoms with Crippen molar-refractivity contribution in [3.63, 3.8) is 0 Å². The van der Waals surface area contributed by atoms with Crippen LogP contribution in [0.15, 0.2) is 0 Å². The maximum Gasteiger partial charge on any atom is 0.373 e. The lowest BCUT2D eigenvalue weighted by Crippen LogP contribution is -2.31. The molecule has 12 heavy (non-hydrogen) atoms. The number of likely N-dealkylation sites (tertiary alicyclic amines) is 1. The fourth-order valence-electron chi connectivity index (χ4n) is 1.21. The number of Topliss-reactive ketones (excluding diaryl/α,β-unsaturated/α-hetero) is 1. The highest BCUT2D eigenvalue weighted by Gasteiger charge is 2.37. The number of rotatable bonds is 2. The molecular weight excluding hydrogens is 162 g/mol. The van der Waals surface area contributed by atoms with Gasteiger partial charge in [0.15, 0.2) is 0 Å². The van der Waals surface area contributed by atoms with E-state index in [1.54, 1.807) is 7.05 Å². The summed E-state index contributed by atoms with van der Waals surface area (Å²) >= 11 is 0. The van der Waals surface area contributed by atoms with Crippen LogP contribution in [0.4, 0.5) is 0 Å². The predicted octanol–water partition coefficient (Wildman–Crippen LogP) is -0.882. The van der Waals surface area contributed by atoms with Crippen LogP contribution in [0.5, 0.6) is 0 Å². The zero-order valence-electron chi connectivity index (χ0n) is 6.61. The molecular formula is C7H9NO4. The van der Waals surface area contributed by atoms with Crippen molar-refractivity contribution >= 4 is 17.7 Å². The minimum atomic E-state index is -1.52. The molecule has 0 aromatic rings. The first-order chi connectivity index (χ1) is 5.54. The average Bonchev–Trinajstić information content (AvgIpc) is 2.32. The molecule has 0 aliphatic carbocycles. The Morgan fingerprint density at radius 2 is 2.17 bits per heavy atom. The quantitative estimate of drug-likeness (QED) is 0.432. The zero-order valence-corrected chi connectivity index (χ0v) is 6.61. The zero-order chi connectivity index (χ0) is 9.30. The minimum absolute atomic E-state index is 0.320. The van der Waals surface area contributed by atoms with Crippen molar-refractivity contribution in [3.8, 4) is 0 Å². The Hall–Kier alpha value is -1.39. The van der Waals surface area contributed by atoms with E-state index in [2.05, 4.69) is 0 Å². The molecule has 0 spiro atoms. The molecule has 1 heterocycles. The summed E-state index contributed by atoms with van der Waals surface area (Å²) in [6, 6.07) is 0. The molecule has 1 rings (SSSR count). The molecule has 1 atom stereocenters. The van der Waals surface area contributed by atoms with E-state index in [1.165, 1.54) is 4.90 Å². The highest BCUT2D eigenvalue weighted by molar-refractivity contribution is 6.37. The van der Waals surface area contributed by atoms with Gasteiger partial charge in [-0.3, -0.25) is 9.59 Å². The summed E-state index contributed by atoms with van der Waals surface area (Å²) in [5.74, 6) is -3.86. The summed E-state index contributed by atoms with van der Waals surface area (Å²) in [7, 11) is 1.55. The van der Waals surface area contributed by atoms with Crippen LogP contribution in [0.25, 0.3) is 0 Å². The first-order valence-corrected chi connectivity index (χ1v) is 3.56. The van der Waals surface area contributed by atoms with Gasteiger partial charge < -0.3 is 10.0 Å². The average molecular weight is 171 g/mol. The number of hydrogen-bond donors (Lipinski definition) is 1. The smallest absolute Gasteiger partial charge is 0.373 e. The molecule has 1 fully saturated rings. The summed E-state index contributed by atoms with van der Waals surface area (Å²) in [6.07, 6.45) is 0.320. The second-order valence-electron chi connectivity index (χ2n) is 2.77. The van der Waals surface area contributed by atoms with Crippen molar-refractivity contribution in [3.05, 3.63) is 0 Å². The third-order valence-electron chi connectivity index (χ3n) is 1.95. The molecule has 1 aliphatic rings. The number of ketones is 1. The summed E-state index contributed by atoms with van der Waals surface area (Å²) in [4.78, 5) is 33.5. The molecule has 5 nitrogen and oxygen atoms in total. The lowest BCUT2D eigenvalue weighted by molar-refractivity contribution is -0.153. The monoisotopic (exact) mass is 171 g/mol. The van der Waals surface area contributed by atoms with Gasteiger partial charge in [0.05, 0.1) is 0 Å². The first kappa shape index (κ1) is 8.70. The summed E-state index contributed by atoms with van der Waals surface area (Å²) in [5.41, 5.74) is 0. The van der Waals surface area contributed by atoms with E-state index in [0.29, 0.717) is 13.0 Å². The lowest BCUT2D eigenvalue weighted by atomic mass is 10.0. The highest BCUT2D eigenvalue weighted by atomic mass is 16.4. The van der Waals surface area contributed by atoms with E-state index in [0.717, 1.165) is 0 Å². The Bertz CT molecular complexity index is 248. The first-order valence-electron chi connectivity index (χ1n) is 3.56. The number of carbonyl (C=O) groups is 3. The van der Waals surface area contributed by atoms with Gasteiger partial charge in [-0.2, -0.15) is 0 Å². The highest BCUT2D eigenvalue weighted by Crippen LogP contribution is 2.16. The molecule has 1 N–H and O–H groups in total. The second kappa shape index (κ2) is 2.92. The van der Waals surface area contributed by atoms with Gasteiger partial charge in [0.2, 0.25) is 5.91 Å². The van der Waals surface area contributed by atoms with Crippen molar-refractivity contribution < 1.29 is 19.5 Å². The number of aliphatic carboxylic acids is 1. The van der Waals surface area contributed by atoms with Crippen LogP contribution in [0.1, 0.15) is 6.42 Å². The van der Waals surface area contributed by atoms with Gasteiger partial charge in [0.1, 0.15) is 5.92 Å². The second-order valence-corrected chi connectivity index (χ2v) is 2.77. The van der Waals surface area contributed by atoms with Crippen LogP contribution in [-0.4, -0.2) is 41.3 Å². The lowest BCUT2D eigenvalue weighted by Gasteiger charge is -2.06. The van der Waals surface area contributed by atoms with Crippen LogP contribution in [0.3, 0.4) is 0 Å². The van der Waals surface area contributed by atoms with Crippen LogP contribution in [0, 0.1) is 5.92 Å². The van der Waals surface area contributed by atoms with E-state index in [1.807, 2.05) is 0 Å². The molecule has 0 radical (unpaired) electrons. The fraction of sp³-hybridized carbons (Fsp3) is 0.571. The van der Waals surface area contributed by atoms with Gasteiger partial charge >= 0.3 is 5.97 Å². The summed E-state index contributed by atoms with van der Waals surface area (Å²) in [5, 5.41) is 8.33. The number of carboxylic acids is 1. The van der Waals surface area contributed by atoms with Gasteiger partial charge in [0.25, 0.3) is 5.78 Å². The molecule has 0 aromatic carbocycles. The van der Waals surface area contributed by atoms with E-state index < -0.39 is 17.7 Å². The molecule has 1 aliphatic heterocycles. The van der Waals surface area contributed by atoms with Crippen LogP contribution >= 0.6 is 0 Å². The van der Waals surface area contributed by atoms with E-state index in [9.17, 15) is 14.4 Å². The Morgan fingerprint density at radius 3 is 2.50 bits per heavy atom. The predicted molar refractivity (Wildman–Crippen MR) is 38.4 cm³/mol. The van der Waals surface area contributed by atoms with Crippen molar-refractivity contribution in [2.45, 2.75) is 6.42 Å². The van der Waals surface area contributed by atoms with Crippen molar-refractivity contribution in [2.75, 3.05) is 13.6 Å². The van der Waals surface area contributed by atoms with Crippen LogP contribution < -0.4 is 0 Å². The molecule has 0 aromatic heterocycles. The van der Waals surface area contributed by atoms with Gasteiger partial charge in [0, 0.05) is 13.6 Å². The van der Waals surface area contributed by atoms with E-state index in [4.69, 9.17) is 5.11 Å². The maximum atomic E-state index is 11.1. The topological polar surface area (TPSA) is 74.7 Å². The normalized spacial score (nSPS) is 22.9. The number of hydrogen-bond acceptors (Lipinski definition) is 3.